The molecule has 18 nitrogen and oxygen atoms in total. The van der Waals surface area contributed by atoms with Crippen LogP contribution in [0.5, 0.6) is 0 Å². The van der Waals surface area contributed by atoms with Crippen LogP contribution in [0.1, 0.15) is 114 Å². The van der Waals surface area contributed by atoms with Crippen molar-refractivity contribution in [2.24, 2.45) is 12.5 Å². The first-order valence-corrected chi connectivity index (χ1v) is 26.5. The molecule has 2 aliphatic carbocycles. The molecule has 75 heavy (non-hydrogen) atoms. The highest BCUT2D eigenvalue weighted by atomic mass is 16.3. The topological polar surface area (TPSA) is 202 Å². The van der Waals surface area contributed by atoms with Crippen LogP contribution >= 0.6 is 0 Å². The fourth-order valence-electron chi connectivity index (χ4n) is 12.8. The molecule has 6 aliphatic rings. The zero-order valence-electron chi connectivity index (χ0n) is 43.6. The van der Waals surface area contributed by atoms with Crippen LogP contribution in [0.2, 0.25) is 0 Å². The minimum Gasteiger partial charge on any atom is -0.392 e. The van der Waals surface area contributed by atoms with Gasteiger partial charge in [-0.2, -0.15) is 0 Å². The first kappa shape index (κ1) is 50.0. The van der Waals surface area contributed by atoms with Crippen molar-refractivity contribution in [2.75, 3.05) is 64.6 Å². The number of nitrogens with zero attached hydrogens (tertiary/aromatic N) is 9. The van der Waals surface area contributed by atoms with Gasteiger partial charge >= 0.3 is 0 Å². The summed E-state index contributed by atoms with van der Waals surface area (Å²) < 4.78 is 3.56. The summed E-state index contributed by atoms with van der Waals surface area (Å²) >= 11 is 0. The van der Waals surface area contributed by atoms with Crippen molar-refractivity contribution in [3.63, 3.8) is 0 Å². The van der Waals surface area contributed by atoms with Crippen molar-refractivity contribution in [3.8, 4) is 11.3 Å². The summed E-state index contributed by atoms with van der Waals surface area (Å²) in [6, 6.07) is 15.1. The number of carbonyl (C=O) groups excluding carboxylic acids is 4. The lowest BCUT2D eigenvalue weighted by molar-refractivity contribution is -0.111. The SMILES string of the molecule is C=CC(=O)Nc1cc(Nc2nc(-c3ccnc(N4CCn5c(cc6c5CC(C)(C)C6)C4=O)c3CO)cn(C)c2=O)ccc1N1CCN(C2CCN(c3cccc4c3C(=O)N(C3CCC(C)(O)CC3)C4=O)CC2)CC1C. The Balaban J connectivity index is 0.774. The Morgan fingerprint density at radius 1 is 0.867 bits per heavy atom. The van der Waals surface area contributed by atoms with Gasteiger partial charge in [-0.3, -0.25) is 38.7 Å². The van der Waals surface area contributed by atoms with E-state index in [9.17, 15) is 34.2 Å². The molecule has 5 aromatic rings. The number of rotatable bonds is 11. The second-order valence-corrected chi connectivity index (χ2v) is 22.6. The Morgan fingerprint density at radius 3 is 2.37 bits per heavy atom. The minimum absolute atomic E-state index is 0.0255. The largest absolute Gasteiger partial charge is 0.392 e. The van der Waals surface area contributed by atoms with Gasteiger partial charge in [-0.1, -0.05) is 26.5 Å². The molecule has 0 radical (unpaired) electrons. The van der Waals surface area contributed by atoms with Gasteiger partial charge in [0.1, 0.15) is 11.5 Å². The summed E-state index contributed by atoms with van der Waals surface area (Å²) in [5.74, 6) is -0.644. The van der Waals surface area contributed by atoms with Crippen LogP contribution in [0.4, 0.5) is 34.4 Å². The summed E-state index contributed by atoms with van der Waals surface area (Å²) in [6.45, 7) is 16.5. The predicted molar refractivity (Wildman–Crippen MR) is 288 cm³/mol. The molecule has 1 saturated carbocycles. The number of aliphatic hydroxyl groups excluding tert-OH is 1. The molecular weight excluding hydrogens is 951 g/mol. The number of pyridine rings is 1. The molecular formula is C57H67N11O7. The van der Waals surface area contributed by atoms with Gasteiger partial charge < -0.3 is 39.8 Å². The highest BCUT2D eigenvalue weighted by Crippen LogP contribution is 2.42. The molecule has 7 heterocycles. The number of anilines is 6. The average molecular weight is 1020 g/mol. The number of benzene rings is 2. The number of amides is 4. The number of aryl methyl sites for hydroxylation is 1. The van der Waals surface area contributed by atoms with Crippen molar-refractivity contribution in [1.29, 1.82) is 0 Å². The number of piperazine rings is 1. The number of aromatic nitrogens is 4. The summed E-state index contributed by atoms with van der Waals surface area (Å²) in [4.78, 5) is 88.0. The Labute approximate surface area is 436 Å². The van der Waals surface area contributed by atoms with Gasteiger partial charge in [-0.25, -0.2) is 9.97 Å². The van der Waals surface area contributed by atoms with E-state index < -0.39 is 17.8 Å². The number of aliphatic hydroxyl groups is 2. The number of nitrogens with one attached hydrogen (secondary N) is 2. The van der Waals surface area contributed by atoms with Gasteiger partial charge in [0.25, 0.3) is 23.3 Å². The third kappa shape index (κ3) is 9.09. The first-order chi connectivity index (χ1) is 35.9. The second kappa shape index (κ2) is 19.2. The van der Waals surface area contributed by atoms with Crippen LogP contribution in [-0.4, -0.2) is 126 Å². The molecule has 392 valence electrons. The lowest BCUT2D eigenvalue weighted by Crippen LogP contribution is -2.57. The van der Waals surface area contributed by atoms with Gasteiger partial charge in [0.05, 0.1) is 46.1 Å². The molecule has 2 saturated heterocycles. The van der Waals surface area contributed by atoms with Gasteiger partial charge in [0, 0.05) is 106 Å². The van der Waals surface area contributed by atoms with E-state index in [4.69, 9.17) is 4.98 Å². The second-order valence-electron chi connectivity index (χ2n) is 22.6. The zero-order valence-corrected chi connectivity index (χ0v) is 43.6. The molecule has 1 unspecified atom stereocenters. The van der Waals surface area contributed by atoms with Crippen molar-refractivity contribution in [3.05, 3.63) is 118 Å². The number of imide groups is 1. The fourth-order valence-corrected chi connectivity index (χ4v) is 12.8. The van der Waals surface area contributed by atoms with Crippen LogP contribution in [0.15, 0.2) is 78.4 Å². The predicted octanol–water partition coefficient (Wildman–Crippen LogP) is 6.26. The number of fused-ring (bicyclic) bond motifs is 4. The Morgan fingerprint density at radius 2 is 1.64 bits per heavy atom. The van der Waals surface area contributed by atoms with Crippen molar-refractivity contribution >= 4 is 58.0 Å². The normalized spacial score (nSPS) is 22.8. The molecule has 2 aromatic carbocycles. The highest BCUT2D eigenvalue weighted by molar-refractivity contribution is 6.24. The standard InChI is InChI=1S/C57H67N11O7/c1-7-48(70)60-42-28-36(59-50-55(74)62(6)32-43(61-50)39-15-20-58-51(41(39)33-69)67-26-25-66-46(53(67)72)27-35-29-56(3,4)30-47(35)66)11-12-44(42)65-24-23-64(31-34(65)2)37-16-21-63(22-17-37)45-10-8-9-40-49(45)54(73)68(52(40)71)38-13-18-57(5,75)19-14-38/h7-12,15,20,27-28,32,34,37-38,69,75H,1,13-14,16-19,21-26,29-31,33H2,2-6H3,(H,59,61)(H,60,70). The van der Waals surface area contributed by atoms with Crippen molar-refractivity contribution in [2.45, 2.75) is 116 Å². The lowest BCUT2D eigenvalue weighted by Gasteiger charge is -2.47. The van der Waals surface area contributed by atoms with E-state index in [0.29, 0.717) is 102 Å². The Hall–Kier alpha value is -7.15. The molecule has 4 amide bonds. The van der Waals surface area contributed by atoms with Crippen LogP contribution in [0.3, 0.4) is 0 Å². The van der Waals surface area contributed by atoms with E-state index in [1.165, 1.54) is 26.8 Å². The number of carbonyl (C=O) groups is 4. The van der Waals surface area contributed by atoms with Crippen molar-refractivity contribution < 1.29 is 29.4 Å². The summed E-state index contributed by atoms with van der Waals surface area (Å²) in [7, 11) is 1.63. The van der Waals surface area contributed by atoms with E-state index in [0.717, 1.165) is 63.2 Å². The van der Waals surface area contributed by atoms with Crippen LogP contribution in [0.25, 0.3) is 11.3 Å². The maximum absolute atomic E-state index is 14.1. The molecule has 4 aliphatic heterocycles. The molecule has 4 N–H and O–H groups in total. The smallest absolute Gasteiger partial charge is 0.293 e. The third-order valence-corrected chi connectivity index (χ3v) is 16.7. The Kier molecular flexibility index (Phi) is 12.8. The number of hydrogen-bond donors (Lipinski definition) is 4. The monoisotopic (exact) mass is 1020 g/mol. The van der Waals surface area contributed by atoms with Gasteiger partial charge in [0.15, 0.2) is 5.82 Å². The number of piperidine rings is 1. The quantitative estimate of drug-likeness (QED) is 0.0855. The van der Waals surface area contributed by atoms with Crippen LogP contribution < -0.4 is 30.9 Å². The molecule has 0 spiro atoms. The van der Waals surface area contributed by atoms with Gasteiger partial charge in [0.2, 0.25) is 5.91 Å². The molecule has 11 rings (SSSR count). The van der Waals surface area contributed by atoms with Crippen molar-refractivity contribution in [1.82, 2.24) is 28.9 Å². The summed E-state index contributed by atoms with van der Waals surface area (Å²) in [6.07, 6.45) is 10.3. The van der Waals surface area contributed by atoms with E-state index in [1.54, 1.807) is 42.5 Å². The van der Waals surface area contributed by atoms with E-state index in [2.05, 4.69) is 62.2 Å². The Bertz CT molecular complexity index is 3210. The minimum atomic E-state index is -0.767. The molecule has 3 aromatic heterocycles. The summed E-state index contributed by atoms with van der Waals surface area (Å²) in [5, 5.41) is 27.6. The van der Waals surface area contributed by atoms with E-state index >= 15 is 0 Å². The summed E-state index contributed by atoms with van der Waals surface area (Å²) in [5.41, 5.74) is 7.04. The van der Waals surface area contributed by atoms with E-state index in [-0.39, 0.29) is 46.9 Å². The maximum atomic E-state index is 14.1. The van der Waals surface area contributed by atoms with Gasteiger partial charge in [-0.05, 0) is 125 Å². The molecule has 0 bridgehead atoms. The zero-order chi connectivity index (χ0) is 52.7. The lowest BCUT2D eigenvalue weighted by atomic mass is 9.83. The van der Waals surface area contributed by atoms with Crippen LogP contribution in [-0.2, 0) is 37.8 Å². The fraction of sp³-hybridized carbons (Fsp3) is 0.456. The maximum Gasteiger partial charge on any atom is 0.293 e. The van der Waals surface area contributed by atoms with Gasteiger partial charge in [-0.15, -0.1) is 0 Å². The van der Waals surface area contributed by atoms with Crippen LogP contribution in [0, 0.1) is 5.41 Å². The average Bonchev–Trinajstić information content (AvgIpc) is 3.99. The third-order valence-electron chi connectivity index (χ3n) is 16.7. The first-order valence-electron chi connectivity index (χ1n) is 26.5. The molecule has 3 fully saturated rings. The highest BCUT2D eigenvalue weighted by Gasteiger charge is 2.45. The van der Waals surface area contributed by atoms with E-state index in [1.807, 2.05) is 37.3 Å². The molecule has 1 atom stereocenters. The molecule has 18 heteroatoms. The number of hydrogen-bond acceptors (Lipinski definition) is 13.